The molecule has 2 fully saturated rings. The van der Waals surface area contributed by atoms with E-state index in [1.807, 2.05) is 37.3 Å². The molecule has 8 nitrogen and oxygen atoms in total. The first-order valence-corrected chi connectivity index (χ1v) is 12.0. The minimum Gasteiger partial charge on any atom is -0.355 e. The molecule has 2 saturated heterocycles. The average molecular weight is 504 g/mol. The molecule has 0 saturated carbocycles. The second-order valence-electron chi connectivity index (χ2n) is 8.41. The number of rotatable bonds is 5. The maximum atomic E-state index is 13.6. The van der Waals surface area contributed by atoms with Gasteiger partial charge >= 0.3 is 6.03 Å². The van der Waals surface area contributed by atoms with Crippen LogP contribution in [0.4, 0.5) is 16.2 Å². The lowest BCUT2D eigenvalue weighted by Crippen LogP contribution is -2.58. The van der Waals surface area contributed by atoms with E-state index in [4.69, 9.17) is 23.2 Å². The van der Waals surface area contributed by atoms with Gasteiger partial charge in [0.25, 0.3) is 5.91 Å². The van der Waals surface area contributed by atoms with Crippen molar-refractivity contribution in [3.05, 3.63) is 58.6 Å². The normalized spacial score (nSPS) is 17.3. The van der Waals surface area contributed by atoms with Crippen molar-refractivity contribution >= 4 is 52.4 Å². The zero-order chi connectivity index (χ0) is 24.3. The van der Waals surface area contributed by atoms with Crippen molar-refractivity contribution in [3.8, 4) is 0 Å². The highest BCUT2D eigenvalue weighted by Crippen LogP contribution is 2.39. The Morgan fingerprint density at radius 1 is 1.03 bits per heavy atom. The van der Waals surface area contributed by atoms with Crippen LogP contribution in [0.2, 0.25) is 10.0 Å². The number of nitrogens with one attached hydrogen (secondary N) is 2. The molecule has 0 aliphatic carbocycles. The first kappa shape index (κ1) is 24.2. The number of halogens is 2. The van der Waals surface area contributed by atoms with E-state index in [1.165, 1.54) is 0 Å². The molecule has 0 aromatic heterocycles. The number of nitrogens with zero attached hydrogens (tertiary/aromatic N) is 3. The number of urea groups is 1. The van der Waals surface area contributed by atoms with Crippen molar-refractivity contribution in [3.63, 3.8) is 0 Å². The Labute approximate surface area is 208 Å². The largest absolute Gasteiger partial charge is 0.355 e. The Bertz CT molecular complexity index is 1070. The molecule has 0 atom stereocenters. The summed E-state index contributed by atoms with van der Waals surface area (Å²) in [5, 5.41) is 6.22. The third-order valence-corrected chi connectivity index (χ3v) is 7.18. The first-order chi connectivity index (χ1) is 16.4. The van der Waals surface area contributed by atoms with Gasteiger partial charge in [-0.2, -0.15) is 0 Å². The van der Waals surface area contributed by atoms with Gasteiger partial charge in [0, 0.05) is 25.3 Å². The summed E-state index contributed by atoms with van der Waals surface area (Å²) < 4.78 is 0. The van der Waals surface area contributed by atoms with Crippen LogP contribution in [0.15, 0.2) is 48.5 Å². The van der Waals surface area contributed by atoms with Crippen LogP contribution < -0.4 is 15.5 Å². The van der Waals surface area contributed by atoms with Crippen LogP contribution in [0.25, 0.3) is 0 Å². The summed E-state index contributed by atoms with van der Waals surface area (Å²) in [7, 11) is 0. The summed E-state index contributed by atoms with van der Waals surface area (Å²) in [5.41, 5.74) is 0.548. The minimum atomic E-state index is -0.807. The van der Waals surface area contributed by atoms with E-state index in [-0.39, 0.29) is 29.4 Å². The number of hydrogen-bond acceptors (Lipinski definition) is 4. The van der Waals surface area contributed by atoms with Gasteiger partial charge in [-0.1, -0.05) is 47.5 Å². The van der Waals surface area contributed by atoms with E-state index in [2.05, 4.69) is 15.5 Å². The third kappa shape index (κ3) is 4.65. The van der Waals surface area contributed by atoms with Crippen LogP contribution in [-0.4, -0.2) is 66.0 Å². The van der Waals surface area contributed by atoms with Crippen molar-refractivity contribution in [2.75, 3.05) is 43.1 Å². The first-order valence-electron chi connectivity index (χ1n) is 11.2. The fraction of sp³-hybridized carbons (Fsp3) is 0.375. The molecule has 2 aromatic carbocycles. The topological polar surface area (TPSA) is 85.0 Å². The fourth-order valence-corrected chi connectivity index (χ4v) is 4.97. The number of carbonyl (C=O) groups excluding carboxylic acids is 3. The summed E-state index contributed by atoms with van der Waals surface area (Å²) in [4.78, 5) is 44.1. The van der Waals surface area contributed by atoms with Crippen LogP contribution >= 0.6 is 23.2 Å². The molecule has 2 heterocycles. The van der Waals surface area contributed by atoms with Crippen LogP contribution in [0.3, 0.4) is 0 Å². The van der Waals surface area contributed by atoms with Crippen molar-refractivity contribution in [1.29, 1.82) is 0 Å². The van der Waals surface area contributed by atoms with Crippen LogP contribution in [-0.2, 0) is 9.59 Å². The Balaban J connectivity index is 1.51. The van der Waals surface area contributed by atoms with Crippen molar-refractivity contribution in [2.24, 2.45) is 0 Å². The number of likely N-dealkylation sites (N-methyl/N-ethyl adjacent to an activating group) is 1. The van der Waals surface area contributed by atoms with Gasteiger partial charge in [0.1, 0.15) is 12.1 Å². The van der Waals surface area contributed by atoms with Gasteiger partial charge < -0.3 is 25.3 Å². The standard InChI is InChI=1S/C24H27Cl2N5O3/c1-2-27-20(32)15-30-16-31(17-7-4-3-5-8-17)24(22(30)33)11-13-29(14-12-24)23(34)28-19-10-6-9-18(25)21(19)26/h3-10H,2,11-16H2,1H3,(H,27,32)(H,28,34). The molecule has 0 bridgehead atoms. The molecule has 4 rings (SSSR count). The molecule has 4 amide bonds. The molecule has 2 N–H and O–H groups in total. The Kier molecular flexibility index (Phi) is 7.19. The number of anilines is 2. The Morgan fingerprint density at radius 2 is 1.74 bits per heavy atom. The molecule has 2 aliphatic rings. The van der Waals surface area contributed by atoms with Crippen LogP contribution in [0.5, 0.6) is 0 Å². The SMILES string of the molecule is CCNC(=O)CN1CN(c2ccccc2)C2(CCN(C(=O)Nc3cccc(Cl)c3Cl)CC2)C1=O. The maximum absolute atomic E-state index is 13.6. The lowest BCUT2D eigenvalue weighted by Gasteiger charge is -2.43. The van der Waals surface area contributed by atoms with Crippen molar-refractivity contribution in [1.82, 2.24) is 15.1 Å². The van der Waals surface area contributed by atoms with E-state index < -0.39 is 5.54 Å². The highest BCUT2D eigenvalue weighted by Gasteiger charge is 2.54. The number of benzene rings is 2. The molecule has 2 aliphatic heterocycles. The maximum Gasteiger partial charge on any atom is 0.321 e. The second kappa shape index (κ2) is 10.1. The van der Waals surface area contributed by atoms with Crippen LogP contribution in [0.1, 0.15) is 19.8 Å². The van der Waals surface area contributed by atoms with E-state index in [0.29, 0.717) is 49.9 Å². The molecular formula is C24H27Cl2N5O3. The summed E-state index contributed by atoms with van der Waals surface area (Å²) in [5.74, 6) is -0.267. The molecule has 1 spiro atoms. The number of likely N-dealkylation sites (tertiary alicyclic amines) is 1. The molecule has 0 radical (unpaired) electrons. The third-order valence-electron chi connectivity index (χ3n) is 6.36. The minimum absolute atomic E-state index is 0.00915. The smallest absolute Gasteiger partial charge is 0.321 e. The van der Waals surface area contributed by atoms with E-state index in [1.54, 1.807) is 28.0 Å². The van der Waals surface area contributed by atoms with E-state index in [0.717, 1.165) is 5.69 Å². The number of hydrogen-bond donors (Lipinski definition) is 2. The fourth-order valence-electron chi connectivity index (χ4n) is 4.62. The molecular weight excluding hydrogens is 477 g/mol. The van der Waals surface area contributed by atoms with E-state index >= 15 is 0 Å². The van der Waals surface area contributed by atoms with Gasteiger partial charge in [-0.15, -0.1) is 0 Å². The van der Waals surface area contributed by atoms with Gasteiger partial charge in [0.05, 0.1) is 22.4 Å². The van der Waals surface area contributed by atoms with Gasteiger partial charge in [0.2, 0.25) is 5.91 Å². The molecule has 0 unspecified atom stereocenters. The van der Waals surface area contributed by atoms with E-state index in [9.17, 15) is 14.4 Å². The predicted molar refractivity (Wildman–Crippen MR) is 133 cm³/mol. The monoisotopic (exact) mass is 503 g/mol. The van der Waals surface area contributed by atoms with Crippen molar-refractivity contribution < 1.29 is 14.4 Å². The zero-order valence-corrected chi connectivity index (χ0v) is 20.4. The summed E-state index contributed by atoms with van der Waals surface area (Å²) in [6.45, 7) is 3.45. The van der Waals surface area contributed by atoms with Gasteiger partial charge in [0.15, 0.2) is 0 Å². The Hall–Kier alpha value is -2.97. The highest BCUT2D eigenvalue weighted by molar-refractivity contribution is 6.43. The quantitative estimate of drug-likeness (QED) is 0.649. The molecule has 2 aromatic rings. The number of piperidine rings is 1. The lowest BCUT2D eigenvalue weighted by molar-refractivity contribution is -0.137. The molecule has 34 heavy (non-hydrogen) atoms. The Morgan fingerprint density at radius 3 is 2.41 bits per heavy atom. The summed E-state index contributed by atoms with van der Waals surface area (Å²) in [6, 6.07) is 14.5. The summed E-state index contributed by atoms with van der Waals surface area (Å²) in [6.07, 6.45) is 0.895. The average Bonchev–Trinajstić information content (AvgIpc) is 3.09. The zero-order valence-electron chi connectivity index (χ0n) is 18.9. The van der Waals surface area contributed by atoms with Crippen molar-refractivity contribution in [2.45, 2.75) is 25.3 Å². The van der Waals surface area contributed by atoms with Gasteiger partial charge in [-0.25, -0.2) is 4.79 Å². The summed E-state index contributed by atoms with van der Waals surface area (Å²) >= 11 is 12.3. The molecule has 10 heteroatoms. The van der Waals surface area contributed by atoms with Gasteiger partial charge in [-0.05, 0) is 44.0 Å². The number of amides is 4. The number of para-hydroxylation sites is 1. The van der Waals surface area contributed by atoms with Crippen LogP contribution in [0, 0.1) is 0 Å². The lowest BCUT2D eigenvalue weighted by atomic mass is 9.85. The second-order valence-corrected chi connectivity index (χ2v) is 9.20. The van der Waals surface area contributed by atoms with Gasteiger partial charge in [-0.3, -0.25) is 9.59 Å². The predicted octanol–water partition coefficient (Wildman–Crippen LogP) is 3.80. The highest BCUT2D eigenvalue weighted by atomic mass is 35.5. The molecule has 180 valence electrons. The number of carbonyl (C=O) groups is 3.